The van der Waals surface area contributed by atoms with Crippen LogP contribution in [0, 0.1) is 0 Å². The van der Waals surface area contributed by atoms with Crippen LogP contribution in [0.1, 0.15) is 50.2 Å². The van der Waals surface area contributed by atoms with Gasteiger partial charge in [-0.3, -0.25) is 14.3 Å². The summed E-state index contributed by atoms with van der Waals surface area (Å²) < 4.78 is 1.51. The Balaban J connectivity index is 1.48. The zero-order valence-corrected chi connectivity index (χ0v) is 15.8. The second-order valence-corrected chi connectivity index (χ2v) is 7.53. The van der Waals surface area contributed by atoms with Gasteiger partial charge in [0.25, 0.3) is 11.8 Å². The van der Waals surface area contributed by atoms with Crippen LogP contribution in [-0.2, 0) is 13.5 Å². The molecule has 1 aromatic carbocycles. The maximum absolute atomic E-state index is 12.7. The van der Waals surface area contributed by atoms with Gasteiger partial charge in [-0.1, -0.05) is 30.3 Å². The number of benzene rings is 1. The molecule has 0 radical (unpaired) electrons. The Bertz CT molecular complexity index is 978. The standard InChI is InChI=1S/C20H20N4O2S/c1-24-18(22-20(26)17-10-5-11-27-17)12-16(23-24)19(25)21-15-9-4-7-13-6-2-3-8-14(13)15/h2-3,5-6,8,10-12,15H,4,7,9H2,1H3,(H,21,25)(H,22,26). The maximum atomic E-state index is 12.7. The van der Waals surface area contributed by atoms with Gasteiger partial charge in [-0.15, -0.1) is 11.3 Å². The smallest absolute Gasteiger partial charge is 0.272 e. The molecule has 0 fully saturated rings. The van der Waals surface area contributed by atoms with Gasteiger partial charge in [0.15, 0.2) is 5.69 Å². The number of aromatic nitrogens is 2. The molecule has 6 nitrogen and oxygen atoms in total. The molecule has 0 aliphatic heterocycles. The van der Waals surface area contributed by atoms with Crippen molar-refractivity contribution in [3.8, 4) is 0 Å². The Morgan fingerprint density at radius 2 is 2.04 bits per heavy atom. The first-order chi connectivity index (χ1) is 13.1. The third-order valence-electron chi connectivity index (χ3n) is 4.77. The molecule has 7 heteroatoms. The van der Waals surface area contributed by atoms with E-state index in [-0.39, 0.29) is 17.9 Å². The van der Waals surface area contributed by atoms with Crippen LogP contribution in [0.25, 0.3) is 0 Å². The van der Waals surface area contributed by atoms with Crippen molar-refractivity contribution in [2.75, 3.05) is 5.32 Å². The number of aryl methyl sites for hydroxylation is 2. The number of rotatable bonds is 4. The number of carbonyl (C=O) groups is 2. The van der Waals surface area contributed by atoms with Crippen molar-refractivity contribution >= 4 is 29.0 Å². The molecule has 1 aliphatic carbocycles. The average molecular weight is 380 g/mol. The molecule has 0 saturated carbocycles. The number of nitrogens with zero attached hydrogens (tertiary/aromatic N) is 2. The van der Waals surface area contributed by atoms with Crippen LogP contribution in [0.3, 0.4) is 0 Å². The molecule has 2 aromatic heterocycles. The monoisotopic (exact) mass is 380 g/mol. The lowest BCUT2D eigenvalue weighted by molar-refractivity contribution is 0.0926. The quantitative estimate of drug-likeness (QED) is 0.727. The molecule has 0 spiro atoms. The highest BCUT2D eigenvalue weighted by Crippen LogP contribution is 2.29. The number of fused-ring (bicyclic) bond motifs is 1. The highest BCUT2D eigenvalue weighted by atomic mass is 32.1. The van der Waals surface area contributed by atoms with Gasteiger partial charge >= 0.3 is 0 Å². The van der Waals surface area contributed by atoms with E-state index in [1.165, 1.54) is 27.1 Å². The van der Waals surface area contributed by atoms with Gasteiger partial charge in [-0.05, 0) is 41.8 Å². The lowest BCUT2D eigenvalue weighted by atomic mass is 9.88. The minimum atomic E-state index is -0.232. The third-order valence-corrected chi connectivity index (χ3v) is 5.64. The molecule has 2 N–H and O–H groups in total. The summed E-state index contributed by atoms with van der Waals surface area (Å²) >= 11 is 1.37. The van der Waals surface area contributed by atoms with Gasteiger partial charge in [0.2, 0.25) is 0 Å². The summed E-state index contributed by atoms with van der Waals surface area (Å²) in [7, 11) is 1.71. The van der Waals surface area contributed by atoms with Crippen molar-refractivity contribution in [3.63, 3.8) is 0 Å². The molecule has 1 aliphatic rings. The van der Waals surface area contributed by atoms with E-state index in [1.807, 2.05) is 23.6 Å². The van der Waals surface area contributed by atoms with Crippen molar-refractivity contribution in [1.29, 1.82) is 0 Å². The zero-order chi connectivity index (χ0) is 18.8. The van der Waals surface area contributed by atoms with Crippen LogP contribution in [0.2, 0.25) is 0 Å². The zero-order valence-electron chi connectivity index (χ0n) is 14.9. The van der Waals surface area contributed by atoms with E-state index in [1.54, 1.807) is 19.2 Å². The van der Waals surface area contributed by atoms with E-state index < -0.39 is 0 Å². The van der Waals surface area contributed by atoms with E-state index in [4.69, 9.17) is 0 Å². The van der Waals surface area contributed by atoms with Crippen LogP contribution < -0.4 is 10.6 Å². The fraction of sp³-hybridized carbons (Fsp3) is 0.250. The largest absolute Gasteiger partial charge is 0.344 e. The van der Waals surface area contributed by atoms with Crippen molar-refractivity contribution in [2.24, 2.45) is 7.05 Å². The Morgan fingerprint density at radius 3 is 2.85 bits per heavy atom. The normalized spacial score (nSPS) is 15.8. The lowest BCUT2D eigenvalue weighted by Gasteiger charge is -2.26. The van der Waals surface area contributed by atoms with Crippen LogP contribution in [0.5, 0.6) is 0 Å². The van der Waals surface area contributed by atoms with E-state index in [0.717, 1.165) is 19.3 Å². The number of hydrogen-bond donors (Lipinski definition) is 2. The van der Waals surface area contributed by atoms with Crippen LogP contribution in [0.15, 0.2) is 47.8 Å². The molecular formula is C20H20N4O2S. The van der Waals surface area contributed by atoms with E-state index in [2.05, 4.69) is 27.9 Å². The Labute approximate surface area is 161 Å². The second kappa shape index (κ2) is 7.36. The summed E-state index contributed by atoms with van der Waals surface area (Å²) in [5.41, 5.74) is 2.76. The Kier molecular flexibility index (Phi) is 4.77. The summed E-state index contributed by atoms with van der Waals surface area (Å²) in [6.07, 6.45) is 3.01. The molecule has 1 unspecified atom stereocenters. The van der Waals surface area contributed by atoms with Crippen molar-refractivity contribution in [1.82, 2.24) is 15.1 Å². The highest BCUT2D eigenvalue weighted by Gasteiger charge is 2.23. The van der Waals surface area contributed by atoms with Crippen molar-refractivity contribution in [3.05, 3.63) is 69.5 Å². The number of hydrogen-bond acceptors (Lipinski definition) is 4. The number of anilines is 1. The van der Waals surface area contributed by atoms with Gasteiger partial charge in [-0.2, -0.15) is 5.10 Å². The number of carbonyl (C=O) groups excluding carboxylic acids is 2. The molecule has 1 atom stereocenters. The minimum absolute atomic E-state index is 0.00591. The first-order valence-electron chi connectivity index (χ1n) is 8.89. The summed E-state index contributed by atoms with van der Waals surface area (Å²) in [5, 5.41) is 12.0. The molecule has 2 heterocycles. The summed E-state index contributed by atoms with van der Waals surface area (Å²) in [6.45, 7) is 0. The van der Waals surface area contributed by atoms with E-state index in [0.29, 0.717) is 16.4 Å². The second-order valence-electron chi connectivity index (χ2n) is 6.59. The van der Waals surface area contributed by atoms with Crippen LogP contribution in [-0.4, -0.2) is 21.6 Å². The predicted octanol–water partition coefficient (Wildman–Crippen LogP) is 3.54. The average Bonchev–Trinajstić information content (AvgIpc) is 3.33. The number of thiophene rings is 1. The molecule has 0 saturated heterocycles. The Morgan fingerprint density at radius 1 is 1.19 bits per heavy atom. The van der Waals surface area contributed by atoms with Crippen molar-refractivity contribution in [2.45, 2.75) is 25.3 Å². The number of amides is 2. The molecule has 138 valence electrons. The summed E-state index contributed by atoms with van der Waals surface area (Å²) in [6, 6.07) is 13.4. The lowest BCUT2D eigenvalue weighted by Crippen LogP contribution is -2.31. The van der Waals surface area contributed by atoms with Crippen LogP contribution in [0.4, 0.5) is 5.82 Å². The minimum Gasteiger partial charge on any atom is -0.344 e. The predicted molar refractivity (Wildman–Crippen MR) is 105 cm³/mol. The van der Waals surface area contributed by atoms with E-state index >= 15 is 0 Å². The topological polar surface area (TPSA) is 76.0 Å². The highest BCUT2D eigenvalue weighted by molar-refractivity contribution is 7.12. The van der Waals surface area contributed by atoms with Gasteiger partial charge < -0.3 is 10.6 Å². The Hall–Kier alpha value is -2.93. The first kappa shape index (κ1) is 17.5. The third kappa shape index (κ3) is 3.64. The van der Waals surface area contributed by atoms with Crippen LogP contribution >= 0.6 is 11.3 Å². The SMILES string of the molecule is Cn1nc(C(=O)NC2CCCc3ccccc32)cc1NC(=O)c1cccs1. The first-order valence-corrected chi connectivity index (χ1v) is 9.77. The molecular weight excluding hydrogens is 360 g/mol. The van der Waals surface area contributed by atoms with Gasteiger partial charge in [-0.25, -0.2) is 0 Å². The summed E-state index contributed by atoms with van der Waals surface area (Å²) in [5.74, 6) is 0.0488. The fourth-order valence-corrected chi connectivity index (χ4v) is 4.04. The van der Waals surface area contributed by atoms with Gasteiger partial charge in [0.05, 0.1) is 10.9 Å². The molecule has 0 bridgehead atoms. The van der Waals surface area contributed by atoms with E-state index in [9.17, 15) is 9.59 Å². The summed E-state index contributed by atoms with van der Waals surface area (Å²) in [4.78, 5) is 25.5. The van der Waals surface area contributed by atoms with Crippen molar-refractivity contribution < 1.29 is 9.59 Å². The van der Waals surface area contributed by atoms with Gasteiger partial charge in [0.1, 0.15) is 5.82 Å². The molecule has 4 rings (SSSR count). The van der Waals surface area contributed by atoms with Gasteiger partial charge in [0, 0.05) is 13.1 Å². The molecule has 2 amide bonds. The molecule has 3 aromatic rings. The fourth-order valence-electron chi connectivity index (χ4n) is 3.42. The number of nitrogens with one attached hydrogen (secondary N) is 2. The molecule has 27 heavy (non-hydrogen) atoms. The maximum Gasteiger partial charge on any atom is 0.272 e.